The molecule has 1 aromatic heterocycles. The number of methoxy groups -OCH3 is 1. The summed E-state index contributed by atoms with van der Waals surface area (Å²) in [6.07, 6.45) is 2.20. The van der Waals surface area contributed by atoms with Crippen molar-refractivity contribution >= 4 is 5.97 Å². The van der Waals surface area contributed by atoms with Gasteiger partial charge in [0.2, 0.25) is 0 Å². The molecule has 0 radical (unpaired) electrons. The Bertz CT molecular complexity index is 368. The third kappa shape index (κ3) is 2.64. The van der Waals surface area contributed by atoms with Crippen molar-refractivity contribution < 1.29 is 13.9 Å². The molecule has 0 saturated heterocycles. The van der Waals surface area contributed by atoms with Gasteiger partial charge in [-0.25, -0.2) is 0 Å². The summed E-state index contributed by atoms with van der Waals surface area (Å²) in [7, 11) is 1.43. The number of carbonyl (C=O) groups is 1. The van der Waals surface area contributed by atoms with Crippen molar-refractivity contribution in [2.24, 2.45) is 5.92 Å². The van der Waals surface area contributed by atoms with Crippen LogP contribution in [0.5, 0.6) is 0 Å². The predicted molar refractivity (Wildman–Crippen MR) is 58.8 cm³/mol. The van der Waals surface area contributed by atoms with Crippen LogP contribution in [-0.2, 0) is 16.1 Å². The third-order valence-corrected chi connectivity index (χ3v) is 2.84. The van der Waals surface area contributed by atoms with Crippen LogP contribution in [-0.4, -0.2) is 19.1 Å². The van der Waals surface area contributed by atoms with E-state index in [0.717, 1.165) is 24.4 Å². The van der Waals surface area contributed by atoms with Crippen molar-refractivity contribution in [3.63, 3.8) is 0 Å². The highest BCUT2D eigenvalue weighted by Crippen LogP contribution is 2.33. The molecule has 0 spiro atoms. The van der Waals surface area contributed by atoms with Crippen LogP contribution < -0.4 is 5.32 Å². The fourth-order valence-electron chi connectivity index (χ4n) is 1.79. The van der Waals surface area contributed by atoms with E-state index in [1.807, 2.05) is 19.1 Å². The topological polar surface area (TPSA) is 51.5 Å². The second-order valence-corrected chi connectivity index (χ2v) is 4.23. The maximum Gasteiger partial charge on any atom is 0.323 e. The molecule has 1 aliphatic rings. The quantitative estimate of drug-likeness (QED) is 0.771. The van der Waals surface area contributed by atoms with E-state index in [1.165, 1.54) is 7.11 Å². The lowest BCUT2D eigenvalue weighted by molar-refractivity contribution is -0.143. The lowest BCUT2D eigenvalue weighted by Gasteiger charge is -2.14. The van der Waals surface area contributed by atoms with Crippen LogP contribution in [0, 0.1) is 12.8 Å². The van der Waals surface area contributed by atoms with E-state index in [-0.39, 0.29) is 12.0 Å². The first-order valence-electron chi connectivity index (χ1n) is 5.57. The predicted octanol–water partition coefficient (Wildman–Crippen LogP) is 1.63. The van der Waals surface area contributed by atoms with Gasteiger partial charge in [-0.3, -0.25) is 10.1 Å². The van der Waals surface area contributed by atoms with Gasteiger partial charge in [0.15, 0.2) is 0 Å². The summed E-state index contributed by atoms with van der Waals surface area (Å²) >= 11 is 0. The normalized spacial score (nSPS) is 17.1. The number of hydrogen-bond acceptors (Lipinski definition) is 4. The van der Waals surface area contributed by atoms with Gasteiger partial charge in [0.1, 0.15) is 17.6 Å². The minimum atomic E-state index is -0.185. The highest BCUT2D eigenvalue weighted by atomic mass is 16.5. The lowest BCUT2D eigenvalue weighted by Crippen LogP contribution is -2.38. The van der Waals surface area contributed by atoms with Gasteiger partial charge in [0, 0.05) is 0 Å². The van der Waals surface area contributed by atoms with Crippen molar-refractivity contribution in [1.29, 1.82) is 0 Å². The van der Waals surface area contributed by atoms with E-state index < -0.39 is 0 Å². The van der Waals surface area contributed by atoms with Crippen molar-refractivity contribution in [3.8, 4) is 0 Å². The highest BCUT2D eigenvalue weighted by molar-refractivity contribution is 5.76. The minimum Gasteiger partial charge on any atom is -0.468 e. The van der Waals surface area contributed by atoms with Crippen LogP contribution in [0.4, 0.5) is 0 Å². The molecule has 0 amide bonds. The van der Waals surface area contributed by atoms with Gasteiger partial charge in [-0.2, -0.15) is 0 Å². The first kappa shape index (κ1) is 11.2. The summed E-state index contributed by atoms with van der Waals surface area (Å²) < 4.78 is 10.2. The van der Waals surface area contributed by atoms with Gasteiger partial charge in [0.25, 0.3) is 0 Å². The fourth-order valence-corrected chi connectivity index (χ4v) is 1.79. The highest BCUT2D eigenvalue weighted by Gasteiger charge is 2.36. The van der Waals surface area contributed by atoms with Crippen molar-refractivity contribution in [2.45, 2.75) is 32.4 Å². The number of hydrogen-bond donors (Lipinski definition) is 1. The molecule has 1 aliphatic carbocycles. The standard InChI is InChI=1S/C12H17NO3/c1-8-3-6-10(16-8)7-13-11(9-4-5-9)12(14)15-2/h3,6,9,11,13H,4-5,7H2,1-2H3. The Morgan fingerprint density at radius 2 is 2.38 bits per heavy atom. The summed E-state index contributed by atoms with van der Waals surface area (Å²) in [6.45, 7) is 2.48. The summed E-state index contributed by atoms with van der Waals surface area (Å²) in [5.41, 5.74) is 0. The van der Waals surface area contributed by atoms with E-state index in [2.05, 4.69) is 5.32 Å². The first-order valence-corrected chi connectivity index (χ1v) is 5.57. The monoisotopic (exact) mass is 223 g/mol. The van der Waals surface area contributed by atoms with Gasteiger partial charge < -0.3 is 9.15 Å². The van der Waals surface area contributed by atoms with Crippen LogP contribution in [0.25, 0.3) is 0 Å². The number of aryl methyl sites for hydroxylation is 1. The second kappa shape index (κ2) is 4.70. The maximum atomic E-state index is 11.5. The first-order chi connectivity index (χ1) is 7.70. The Morgan fingerprint density at radius 3 is 2.88 bits per heavy atom. The van der Waals surface area contributed by atoms with E-state index in [0.29, 0.717) is 12.5 Å². The number of carbonyl (C=O) groups excluding carboxylic acids is 1. The summed E-state index contributed by atoms with van der Waals surface area (Å²) in [5.74, 6) is 2.00. The van der Waals surface area contributed by atoms with Crippen LogP contribution in [0.3, 0.4) is 0 Å². The molecule has 4 heteroatoms. The molecule has 2 rings (SSSR count). The molecule has 1 atom stereocenters. The number of rotatable bonds is 5. The summed E-state index contributed by atoms with van der Waals surface area (Å²) in [6, 6.07) is 3.65. The van der Waals surface area contributed by atoms with E-state index >= 15 is 0 Å². The van der Waals surface area contributed by atoms with Crippen molar-refractivity contribution in [3.05, 3.63) is 23.7 Å². The average molecular weight is 223 g/mol. The van der Waals surface area contributed by atoms with E-state index in [1.54, 1.807) is 0 Å². The molecule has 1 unspecified atom stereocenters. The molecule has 88 valence electrons. The molecule has 0 bridgehead atoms. The molecule has 1 saturated carbocycles. The number of esters is 1. The van der Waals surface area contributed by atoms with E-state index in [4.69, 9.17) is 9.15 Å². The Labute approximate surface area is 95.0 Å². The summed E-state index contributed by atoms with van der Waals surface area (Å²) in [5, 5.41) is 3.19. The van der Waals surface area contributed by atoms with Gasteiger partial charge in [-0.15, -0.1) is 0 Å². The molecular formula is C12H17NO3. The second-order valence-electron chi connectivity index (χ2n) is 4.23. The van der Waals surface area contributed by atoms with Crippen molar-refractivity contribution in [1.82, 2.24) is 5.32 Å². The number of nitrogens with one attached hydrogen (secondary N) is 1. The smallest absolute Gasteiger partial charge is 0.323 e. The lowest BCUT2D eigenvalue weighted by atomic mass is 10.2. The van der Waals surface area contributed by atoms with Gasteiger partial charge in [-0.1, -0.05) is 0 Å². The zero-order valence-electron chi connectivity index (χ0n) is 9.66. The zero-order chi connectivity index (χ0) is 11.5. The molecule has 16 heavy (non-hydrogen) atoms. The Hall–Kier alpha value is -1.29. The van der Waals surface area contributed by atoms with Gasteiger partial charge in [-0.05, 0) is 37.8 Å². The minimum absolute atomic E-state index is 0.175. The number of ether oxygens (including phenoxy) is 1. The van der Waals surface area contributed by atoms with E-state index in [9.17, 15) is 4.79 Å². The fraction of sp³-hybridized carbons (Fsp3) is 0.583. The SMILES string of the molecule is COC(=O)C(NCc1ccc(C)o1)C1CC1. The van der Waals surface area contributed by atoms with Crippen LogP contribution in [0.15, 0.2) is 16.5 Å². The largest absolute Gasteiger partial charge is 0.468 e. The van der Waals surface area contributed by atoms with Crippen LogP contribution in [0.1, 0.15) is 24.4 Å². The van der Waals surface area contributed by atoms with Gasteiger partial charge in [0.05, 0.1) is 13.7 Å². The average Bonchev–Trinajstić information content (AvgIpc) is 3.02. The summed E-state index contributed by atoms with van der Waals surface area (Å²) in [4.78, 5) is 11.5. The molecule has 1 aromatic rings. The van der Waals surface area contributed by atoms with Crippen LogP contribution in [0.2, 0.25) is 0 Å². The molecule has 0 aliphatic heterocycles. The zero-order valence-corrected chi connectivity index (χ0v) is 9.66. The maximum absolute atomic E-state index is 11.5. The Balaban J connectivity index is 1.88. The van der Waals surface area contributed by atoms with Crippen LogP contribution >= 0.6 is 0 Å². The van der Waals surface area contributed by atoms with Gasteiger partial charge >= 0.3 is 5.97 Å². The van der Waals surface area contributed by atoms with Crippen molar-refractivity contribution in [2.75, 3.05) is 7.11 Å². The number of furan rings is 1. The molecule has 1 fully saturated rings. The molecule has 1 N–H and O–H groups in total. The Kier molecular flexibility index (Phi) is 3.29. The molecular weight excluding hydrogens is 206 g/mol. The molecule has 1 heterocycles. The molecule has 0 aromatic carbocycles. The molecule has 4 nitrogen and oxygen atoms in total. The Morgan fingerprint density at radius 1 is 1.62 bits per heavy atom. The third-order valence-electron chi connectivity index (χ3n) is 2.84.